The van der Waals surface area contributed by atoms with Gasteiger partial charge in [0.25, 0.3) is 0 Å². The second-order valence-electron chi connectivity index (χ2n) is 7.97. The number of hydrogen-bond donors (Lipinski definition) is 1. The second-order valence-corrected chi connectivity index (χ2v) is 9.33. The van der Waals surface area contributed by atoms with Crippen molar-refractivity contribution in [3.63, 3.8) is 0 Å². The number of rotatable bonds is 7. The zero-order valence-corrected chi connectivity index (χ0v) is 22.0. The van der Waals surface area contributed by atoms with Crippen LogP contribution in [0, 0.1) is 12.8 Å². The molecule has 1 N–H and O–H groups in total. The standard InChI is InChI=1S/C22H27N3O5S.Na.H/c1-14-17(13-31(26)21-24-16-6-5-7-19(27-4)20(16)25-21)23-9-8-18(14)28-10-15-11-29-22(2,3)30-12-15;;/h5-9,15H,10-13H2,1-4H3,(H,24,25);;/q;+1;-1. The molecular formula is C22H28N3NaO5S. The molecule has 4 rings (SSSR count). The van der Waals surface area contributed by atoms with E-state index in [1.807, 2.05) is 45.0 Å². The van der Waals surface area contributed by atoms with E-state index in [0.717, 1.165) is 16.8 Å². The summed E-state index contributed by atoms with van der Waals surface area (Å²) in [6.45, 7) is 7.39. The van der Waals surface area contributed by atoms with Gasteiger partial charge in [-0.25, -0.2) is 4.98 Å². The SMILES string of the molecule is COc1cccc2[nH]c(S(=O)Cc3nccc(OCC4COC(C)(C)OC4)c3C)nc12.[H-].[Na+]. The van der Waals surface area contributed by atoms with E-state index in [2.05, 4.69) is 15.0 Å². The normalized spacial score (nSPS) is 17.0. The van der Waals surface area contributed by atoms with Crippen molar-refractivity contribution < 1.29 is 54.1 Å². The zero-order valence-electron chi connectivity index (χ0n) is 20.1. The number of fused-ring (bicyclic) bond motifs is 1. The van der Waals surface area contributed by atoms with Gasteiger partial charge in [0.2, 0.25) is 0 Å². The van der Waals surface area contributed by atoms with Crippen LogP contribution in [0.3, 0.4) is 0 Å². The van der Waals surface area contributed by atoms with Gasteiger partial charge in [0.05, 0.1) is 54.7 Å². The molecule has 1 aliphatic rings. The quantitative estimate of drug-likeness (QED) is 0.503. The third-order valence-corrected chi connectivity index (χ3v) is 6.38. The van der Waals surface area contributed by atoms with Crippen molar-refractivity contribution in [3.8, 4) is 11.5 Å². The molecule has 0 radical (unpaired) electrons. The van der Waals surface area contributed by atoms with Crippen LogP contribution >= 0.6 is 0 Å². The average molecular weight is 470 g/mol. The second kappa shape index (κ2) is 10.6. The molecule has 0 aliphatic carbocycles. The molecule has 1 atom stereocenters. The Morgan fingerprint density at radius 2 is 2.00 bits per heavy atom. The number of nitrogens with one attached hydrogen (secondary N) is 1. The van der Waals surface area contributed by atoms with E-state index in [1.165, 1.54) is 0 Å². The van der Waals surface area contributed by atoms with Gasteiger partial charge < -0.3 is 25.4 Å². The number of pyridine rings is 1. The Labute approximate surface area is 213 Å². The fourth-order valence-electron chi connectivity index (χ4n) is 3.34. The van der Waals surface area contributed by atoms with Gasteiger partial charge in [-0.05, 0) is 39.0 Å². The van der Waals surface area contributed by atoms with Gasteiger partial charge in [0.15, 0.2) is 10.9 Å². The average Bonchev–Trinajstić information content (AvgIpc) is 3.20. The molecule has 10 heteroatoms. The smallest absolute Gasteiger partial charge is 1.00 e. The maximum absolute atomic E-state index is 13.0. The molecule has 168 valence electrons. The summed E-state index contributed by atoms with van der Waals surface area (Å²) in [5, 5.41) is 0.395. The number of aromatic amines is 1. The Balaban J connectivity index is 0.00000193. The number of H-pyrrole nitrogens is 1. The molecular weight excluding hydrogens is 441 g/mol. The number of hydrogen-bond acceptors (Lipinski definition) is 7. The summed E-state index contributed by atoms with van der Waals surface area (Å²) in [5.74, 6) is 1.21. The largest absolute Gasteiger partial charge is 1.00 e. The zero-order chi connectivity index (χ0) is 22.0. The number of ether oxygens (including phenoxy) is 4. The van der Waals surface area contributed by atoms with Crippen LogP contribution in [0.15, 0.2) is 35.6 Å². The molecule has 1 fully saturated rings. The third-order valence-electron chi connectivity index (χ3n) is 5.22. The predicted molar refractivity (Wildman–Crippen MR) is 118 cm³/mol. The molecule has 1 aromatic carbocycles. The minimum atomic E-state index is -1.39. The summed E-state index contributed by atoms with van der Waals surface area (Å²) in [6, 6.07) is 7.39. The first-order chi connectivity index (χ1) is 14.9. The van der Waals surface area contributed by atoms with Gasteiger partial charge in [0.1, 0.15) is 17.0 Å². The molecule has 0 bridgehead atoms. The Kier molecular flexibility index (Phi) is 8.35. The van der Waals surface area contributed by atoms with Crippen molar-refractivity contribution in [1.29, 1.82) is 0 Å². The Hall–Kier alpha value is -1.49. The number of aromatic nitrogens is 3. The fourth-order valence-corrected chi connectivity index (χ4v) is 4.43. The van der Waals surface area contributed by atoms with E-state index >= 15 is 0 Å². The van der Waals surface area contributed by atoms with Gasteiger partial charge in [-0.1, -0.05) is 6.07 Å². The Morgan fingerprint density at radius 1 is 1.25 bits per heavy atom. The first kappa shape index (κ1) is 25.1. The van der Waals surface area contributed by atoms with E-state index in [4.69, 9.17) is 18.9 Å². The Bertz CT molecular complexity index is 1100. The minimum Gasteiger partial charge on any atom is -1.00 e. The van der Waals surface area contributed by atoms with Gasteiger partial charge in [-0.15, -0.1) is 0 Å². The van der Waals surface area contributed by atoms with E-state index in [1.54, 1.807) is 13.3 Å². The van der Waals surface area contributed by atoms with Crippen LogP contribution in [0.1, 0.15) is 26.5 Å². The molecule has 0 saturated carbocycles. The third kappa shape index (κ3) is 5.70. The van der Waals surface area contributed by atoms with E-state index in [0.29, 0.717) is 41.9 Å². The maximum atomic E-state index is 13.0. The summed E-state index contributed by atoms with van der Waals surface area (Å²) in [4.78, 5) is 12.0. The van der Waals surface area contributed by atoms with E-state index < -0.39 is 16.6 Å². The molecule has 3 aromatic rings. The van der Waals surface area contributed by atoms with Gasteiger partial charge in [-0.2, -0.15) is 0 Å². The predicted octanol–water partition coefficient (Wildman–Crippen LogP) is 0.477. The monoisotopic (exact) mass is 469 g/mol. The van der Waals surface area contributed by atoms with Gasteiger partial charge in [-0.3, -0.25) is 9.19 Å². The molecule has 32 heavy (non-hydrogen) atoms. The molecule has 0 spiro atoms. The van der Waals surface area contributed by atoms with Crippen LogP contribution in [-0.2, 0) is 26.0 Å². The maximum Gasteiger partial charge on any atom is 1.00 e. The van der Waals surface area contributed by atoms with Crippen LogP contribution in [0.2, 0.25) is 0 Å². The summed E-state index contributed by atoms with van der Waals surface area (Å²) < 4.78 is 35.7. The summed E-state index contributed by atoms with van der Waals surface area (Å²) >= 11 is 0. The van der Waals surface area contributed by atoms with Crippen molar-refractivity contribution in [2.24, 2.45) is 5.92 Å². The fraction of sp³-hybridized carbons (Fsp3) is 0.455. The summed E-state index contributed by atoms with van der Waals surface area (Å²) in [6.07, 6.45) is 1.67. The number of imidazole rings is 1. The Morgan fingerprint density at radius 3 is 2.72 bits per heavy atom. The van der Waals surface area contributed by atoms with Crippen molar-refractivity contribution in [2.45, 2.75) is 37.5 Å². The molecule has 8 nitrogen and oxygen atoms in total. The topological polar surface area (TPSA) is 95.6 Å². The number of nitrogens with zero attached hydrogens (tertiary/aromatic N) is 2. The molecule has 0 amide bonds. The van der Waals surface area contributed by atoms with Crippen LogP contribution in [-0.4, -0.2) is 51.9 Å². The van der Waals surface area contributed by atoms with Crippen molar-refractivity contribution in [1.82, 2.24) is 15.0 Å². The number of para-hydroxylation sites is 1. The van der Waals surface area contributed by atoms with Crippen LogP contribution in [0.5, 0.6) is 11.5 Å². The number of benzene rings is 1. The molecule has 1 aliphatic heterocycles. The molecule has 1 unspecified atom stereocenters. The van der Waals surface area contributed by atoms with Crippen molar-refractivity contribution in [2.75, 3.05) is 26.9 Å². The summed E-state index contributed by atoms with van der Waals surface area (Å²) in [5.41, 5.74) is 3.02. The summed E-state index contributed by atoms with van der Waals surface area (Å²) in [7, 11) is 0.196. The first-order valence-corrected chi connectivity index (χ1v) is 11.4. The van der Waals surface area contributed by atoms with Gasteiger partial charge >= 0.3 is 29.6 Å². The van der Waals surface area contributed by atoms with Crippen LogP contribution < -0.4 is 39.0 Å². The van der Waals surface area contributed by atoms with E-state index in [-0.39, 0.29) is 42.7 Å². The van der Waals surface area contributed by atoms with E-state index in [9.17, 15) is 4.21 Å². The molecule has 1 saturated heterocycles. The minimum absolute atomic E-state index is 0. The van der Waals surface area contributed by atoms with Crippen molar-refractivity contribution in [3.05, 3.63) is 41.7 Å². The first-order valence-electron chi connectivity index (χ1n) is 10.1. The number of methoxy groups -OCH3 is 1. The van der Waals surface area contributed by atoms with Crippen LogP contribution in [0.25, 0.3) is 11.0 Å². The van der Waals surface area contributed by atoms with Gasteiger partial charge in [0, 0.05) is 17.7 Å². The van der Waals surface area contributed by atoms with Crippen molar-refractivity contribution >= 4 is 21.8 Å². The van der Waals surface area contributed by atoms with Crippen LogP contribution in [0.4, 0.5) is 0 Å². The molecule has 2 aromatic heterocycles. The molecule has 3 heterocycles.